The van der Waals surface area contributed by atoms with Crippen LogP contribution in [0.4, 0.5) is 18.9 Å². The smallest absolute Gasteiger partial charge is 0.431 e. The van der Waals surface area contributed by atoms with Gasteiger partial charge in [-0.3, -0.25) is 10.1 Å². The molecule has 0 radical (unpaired) electrons. The number of furan rings is 1. The zero-order valence-electron chi connectivity index (χ0n) is 14.7. The molecule has 0 unspecified atom stereocenters. The van der Waals surface area contributed by atoms with Crippen LogP contribution in [-0.2, 0) is 6.18 Å². The Labute approximate surface area is 160 Å². The maximum absolute atomic E-state index is 12.8. The van der Waals surface area contributed by atoms with Crippen LogP contribution in [0.25, 0.3) is 23.5 Å². The zero-order valence-corrected chi connectivity index (χ0v) is 14.7. The average molecular weight is 407 g/mol. The Morgan fingerprint density at radius 3 is 2.62 bits per heavy atom. The van der Waals surface area contributed by atoms with E-state index in [4.69, 9.17) is 9.15 Å². The number of aromatic amines is 1. The number of nitrogens with one attached hydrogen (secondary N) is 1. The van der Waals surface area contributed by atoms with Gasteiger partial charge in [-0.15, -0.1) is 0 Å². The number of hydrogen-bond acceptors (Lipinski definition) is 6. The molecule has 1 N–H and O–H groups in total. The Bertz CT molecular complexity index is 1150. The second-order valence-corrected chi connectivity index (χ2v) is 5.70. The summed E-state index contributed by atoms with van der Waals surface area (Å²) in [6, 6.07) is 7.84. The van der Waals surface area contributed by atoms with Crippen LogP contribution in [0.15, 0.2) is 45.6 Å². The zero-order chi connectivity index (χ0) is 21.2. The lowest BCUT2D eigenvalue weighted by Gasteiger charge is -2.05. The number of rotatable bonds is 5. The third-order valence-corrected chi connectivity index (χ3v) is 3.78. The van der Waals surface area contributed by atoms with Gasteiger partial charge in [0.1, 0.15) is 23.0 Å². The molecule has 1 aromatic carbocycles. The minimum absolute atomic E-state index is 0.175. The van der Waals surface area contributed by atoms with Crippen LogP contribution in [-0.4, -0.2) is 22.0 Å². The highest BCUT2D eigenvalue weighted by atomic mass is 19.4. The SMILES string of the molecule is COc1ccc(-c2ccc(/C=C/c3cc(C(F)(F)F)[nH]c(=O)n3)o2)c([N+](=O)[O-])c1. The molecule has 0 fully saturated rings. The molecule has 2 heterocycles. The normalized spacial score (nSPS) is 11.7. The second kappa shape index (κ2) is 7.62. The van der Waals surface area contributed by atoms with Gasteiger partial charge in [0.25, 0.3) is 5.69 Å². The number of nitrogens with zero attached hydrogens (tertiary/aromatic N) is 2. The molecule has 2 aromatic heterocycles. The summed E-state index contributed by atoms with van der Waals surface area (Å²) in [5, 5.41) is 11.3. The average Bonchev–Trinajstić information content (AvgIpc) is 3.13. The molecule has 29 heavy (non-hydrogen) atoms. The number of benzene rings is 1. The molecule has 0 aliphatic heterocycles. The summed E-state index contributed by atoms with van der Waals surface area (Å²) in [6.07, 6.45) is -2.27. The minimum Gasteiger partial charge on any atom is -0.497 e. The lowest BCUT2D eigenvalue weighted by atomic mass is 10.1. The maximum atomic E-state index is 12.8. The maximum Gasteiger partial charge on any atom is 0.431 e. The summed E-state index contributed by atoms with van der Waals surface area (Å²) in [4.78, 5) is 27.1. The van der Waals surface area contributed by atoms with E-state index in [1.807, 2.05) is 0 Å². The molecular weight excluding hydrogens is 395 g/mol. The lowest BCUT2D eigenvalue weighted by molar-refractivity contribution is -0.384. The van der Waals surface area contributed by atoms with Crippen molar-refractivity contribution >= 4 is 17.8 Å². The van der Waals surface area contributed by atoms with Gasteiger partial charge >= 0.3 is 11.9 Å². The van der Waals surface area contributed by atoms with Crippen molar-refractivity contribution in [2.75, 3.05) is 7.11 Å². The molecule has 0 aliphatic rings. The van der Waals surface area contributed by atoms with Crippen molar-refractivity contribution in [1.29, 1.82) is 0 Å². The van der Waals surface area contributed by atoms with Crippen molar-refractivity contribution in [3.8, 4) is 17.1 Å². The fraction of sp³-hybridized carbons (Fsp3) is 0.111. The van der Waals surface area contributed by atoms with E-state index in [0.717, 1.165) is 6.08 Å². The molecule has 0 amide bonds. The predicted molar refractivity (Wildman–Crippen MR) is 96.1 cm³/mol. The second-order valence-electron chi connectivity index (χ2n) is 5.70. The molecule has 150 valence electrons. The van der Waals surface area contributed by atoms with Gasteiger partial charge < -0.3 is 14.1 Å². The molecule has 8 nitrogen and oxygen atoms in total. The Kier molecular flexibility index (Phi) is 5.22. The number of methoxy groups -OCH3 is 1. The van der Waals surface area contributed by atoms with Gasteiger partial charge in [0.05, 0.1) is 29.4 Å². The molecular formula is C18H12F3N3O5. The van der Waals surface area contributed by atoms with Crippen LogP contribution >= 0.6 is 0 Å². The highest BCUT2D eigenvalue weighted by molar-refractivity contribution is 5.73. The third kappa shape index (κ3) is 4.51. The summed E-state index contributed by atoms with van der Waals surface area (Å²) in [7, 11) is 1.38. The fourth-order valence-electron chi connectivity index (χ4n) is 2.47. The number of nitro benzene ring substituents is 1. The first-order valence-corrected chi connectivity index (χ1v) is 7.96. The Balaban J connectivity index is 1.91. The largest absolute Gasteiger partial charge is 0.497 e. The van der Waals surface area contributed by atoms with Crippen molar-refractivity contribution in [1.82, 2.24) is 9.97 Å². The number of ether oxygens (including phenoxy) is 1. The van der Waals surface area contributed by atoms with E-state index in [1.165, 1.54) is 43.5 Å². The van der Waals surface area contributed by atoms with Crippen LogP contribution in [0.3, 0.4) is 0 Å². The molecule has 0 saturated carbocycles. The number of aromatic nitrogens is 2. The first kappa shape index (κ1) is 19.9. The number of halogens is 3. The standard InChI is InChI=1S/C18H12F3N3O5/c1-28-12-4-6-13(14(9-12)24(26)27)15-7-5-11(29-15)3-2-10-8-16(18(19,20)21)23-17(25)22-10/h2-9H,1H3,(H,22,23,25)/b3-2+. The Morgan fingerprint density at radius 1 is 1.21 bits per heavy atom. The molecule has 0 bridgehead atoms. The molecule has 3 aromatic rings. The number of nitro groups is 1. The molecule has 0 saturated heterocycles. The van der Waals surface area contributed by atoms with E-state index in [1.54, 1.807) is 4.98 Å². The fourth-order valence-corrected chi connectivity index (χ4v) is 2.47. The summed E-state index contributed by atoms with van der Waals surface area (Å²) < 4.78 is 48.8. The van der Waals surface area contributed by atoms with Crippen molar-refractivity contribution in [3.05, 3.63) is 74.1 Å². The van der Waals surface area contributed by atoms with Crippen molar-refractivity contribution in [3.63, 3.8) is 0 Å². The van der Waals surface area contributed by atoms with Crippen molar-refractivity contribution in [2.24, 2.45) is 0 Å². The van der Waals surface area contributed by atoms with Gasteiger partial charge in [-0.1, -0.05) is 0 Å². The summed E-state index contributed by atoms with van der Waals surface area (Å²) in [5.41, 5.74) is -2.64. The van der Waals surface area contributed by atoms with Gasteiger partial charge in [0, 0.05) is 0 Å². The topological polar surface area (TPSA) is 111 Å². The molecule has 0 aliphatic carbocycles. The number of hydrogen-bond donors (Lipinski definition) is 1. The van der Waals surface area contributed by atoms with Crippen LogP contribution in [0, 0.1) is 10.1 Å². The van der Waals surface area contributed by atoms with Crippen LogP contribution in [0.5, 0.6) is 5.75 Å². The molecule has 11 heteroatoms. The molecule has 0 atom stereocenters. The van der Waals surface area contributed by atoms with E-state index < -0.39 is 22.5 Å². The summed E-state index contributed by atoms with van der Waals surface area (Å²) >= 11 is 0. The third-order valence-electron chi connectivity index (χ3n) is 3.78. The van der Waals surface area contributed by atoms with Gasteiger partial charge in [0.2, 0.25) is 0 Å². The van der Waals surface area contributed by atoms with Crippen LogP contribution in [0.2, 0.25) is 0 Å². The first-order chi connectivity index (χ1) is 13.7. The van der Waals surface area contributed by atoms with Gasteiger partial charge in [-0.05, 0) is 42.5 Å². The van der Waals surface area contributed by atoms with Crippen molar-refractivity contribution in [2.45, 2.75) is 6.18 Å². The molecule has 3 rings (SSSR count). The van der Waals surface area contributed by atoms with E-state index in [-0.39, 0.29) is 28.5 Å². The highest BCUT2D eigenvalue weighted by Gasteiger charge is 2.32. The van der Waals surface area contributed by atoms with Crippen LogP contribution < -0.4 is 10.4 Å². The van der Waals surface area contributed by atoms with E-state index in [9.17, 15) is 28.1 Å². The number of H-pyrrole nitrogens is 1. The van der Waals surface area contributed by atoms with Gasteiger partial charge in [0.15, 0.2) is 0 Å². The molecule has 0 spiro atoms. The summed E-state index contributed by atoms with van der Waals surface area (Å²) in [6.45, 7) is 0. The minimum atomic E-state index is -4.73. The van der Waals surface area contributed by atoms with E-state index in [2.05, 4.69) is 4.98 Å². The Hall–Kier alpha value is -3.89. The number of alkyl halides is 3. The van der Waals surface area contributed by atoms with Gasteiger partial charge in [-0.25, -0.2) is 4.79 Å². The first-order valence-electron chi connectivity index (χ1n) is 7.96. The quantitative estimate of drug-likeness (QED) is 0.503. The Morgan fingerprint density at radius 2 is 1.97 bits per heavy atom. The monoisotopic (exact) mass is 407 g/mol. The van der Waals surface area contributed by atoms with Crippen molar-refractivity contribution < 1.29 is 27.2 Å². The predicted octanol–water partition coefficient (Wildman–Crippen LogP) is 4.14. The van der Waals surface area contributed by atoms with Crippen LogP contribution in [0.1, 0.15) is 17.1 Å². The summed E-state index contributed by atoms with van der Waals surface area (Å²) in [5.74, 6) is 0.669. The highest BCUT2D eigenvalue weighted by Crippen LogP contribution is 2.34. The van der Waals surface area contributed by atoms with E-state index in [0.29, 0.717) is 11.8 Å². The lowest BCUT2D eigenvalue weighted by Crippen LogP contribution is -2.19. The van der Waals surface area contributed by atoms with Gasteiger partial charge in [-0.2, -0.15) is 18.2 Å². The van der Waals surface area contributed by atoms with E-state index >= 15 is 0 Å².